The zero-order valence-corrected chi connectivity index (χ0v) is 11.3. The second-order valence-electron chi connectivity index (χ2n) is 4.08. The molecule has 0 amide bonds. The molecule has 0 saturated heterocycles. The van der Waals surface area contributed by atoms with Crippen LogP contribution in [0.2, 0.25) is 0 Å². The third-order valence-electron chi connectivity index (χ3n) is 2.54. The van der Waals surface area contributed by atoms with Gasteiger partial charge in [0.2, 0.25) is 0 Å². The van der Waals surface area contributed by atoms with Crippen molar-refractivity contribution in [3.8, 4) is 0 Å². The largest absolute Gasteiger partial charge is 0.362 e. The highest BCUT2D eigenvalue weighted by atomic mass is 32.1. The molecule has 0 aromatic heterocycles. The molecule has 0 saturated carbocycles. The van der Waals surface area contributed by atoms with Gasteiger partial charge in [0.1, 0.15) is 0 Å². The van der Waals surface area contributed by atoms with Gasteiger partial charge < -0.3 is 10.2 Å². The van der Waals surface area contributed by atoms with Crippen LogP contribution in [0.5, 0.6) is 0 Å². The molecule has 1 rings (SSSR count). The van der Waals surface area contributed by atoms with E-state index in [4.69, 9.17) is 12.2 Å². The standard InChI is InChI=1S/C13H20N2S/c1-5-8-14-13(16)15(4)12-7-6-10(2)9-11(12)3/h6-7,9H,5,8H2,1-4H3,(H,14,16). The fraction of sp³-hybridized carbons (Fsp3) is 0.462. The predicted octanol–water partition coefficient (Wildman–Crippen LogP) is 3.02. The van der Waals surface area contributed by atoms with E-state index in [-0.39, 0.29) is 0 Å². The minimum atomic E-state index is 0.786. The molecule has 1 aromatic rings. The van der Waals surface area contributed by atoms with Crippen LogP contribution in [0.15, 0.2) is 18.2 Å². The maximum Gasteiger partial charge on any atom is 0.173 e. The molecule has 0 aliphatic rings. The van der Waals surface area contributed by atoms with Crippen LogP contribution < -0.4 is 10.2 Å². The number of aryl methyl sites for hydroxylation is 2. The van der Waals surface area contributed by atoms with E-state index >= 15 is 0 Å². The van der Waals surface area contributed by atoms with Crippen molar-refractivity contribution in [2.24, 2.45) is 0 Å². The minimum Gasteiger partial charge on any atom is -0.362 e. The molecule has 2 nitrogen and oxygen atoms in total. The smallest absolute Gasteiger partial charge is 0.173 e. The summed E-state index contributed by atoms with van der Waals surface area (Å²) in [6.07, 6.45) is 1.08. The Balaban J connectivity index is 2.79. The lowest BCUT2D eigenvalue weighted by atomic mass is 10.1. The second kappa shape index (κ2) is 5.85. The Morgan fingerprint density at radius 2 is 2.06 bits per heavy atom. The molecule has 0 aliphatic carbocycles. The van der Waals surface area contributed by atoms with E-state index in [1.807, 2.05) is 11.9 Å². The van der Waals surface area contributed by atoms with Crippen molar-refractivity contribution in [1.82, 2.24) is 5.32 Å². The van der Waals surface area contributed by atoms with E-state index in [0.29, 0.717) is 0 Å². The zero-order chi connectivity index (χ0) is 12.1. The topological polar surface area (TPSA) is 15.3 Å². The van der Waals surface area contributed by atoms with E-state index in [2.05, 4.69) is 44.3 Å². The number of hydrogen-bond donors (Lipinski definition) is 1. The van der Waals surface area contributed by atoms with Crippen LogP contribution in [0.25, 0.3) is 0 Å². The van der Waals surface area contributed by atoms with Gasteiger partial charge in [-0.3, -0.25) is 0 Å². The number of thiocarbonyl (C=S) groups is 1. The third-order valence-corrected chi connectivity index (χ3v) is 2.96. The lowest BCUT2D eigenvalue weighted by Gasteiger charge is -2.23. The molecule has 0 heterocycles. The Bertz CT molecular complexity index is 374. The normalized spacial score (nSPS) is 10.0. The summed E-state index contributed by atoms with van der Waals surface area (Å²) in [5.41, 5.74) is 3.70. The average molecular weight is 236 g/mol. The molecule has 3 heteroatoms. The number of benzene rings is 1. The summed E-state index contributed by atoms with van der Waals surface area (Å²) in [6.45, 7) is 7.27. The van der Waals surface area contributed by atoms with E-state index < -0.39 is 0 Å². The van der Waals surface area contributed by atoms with Gasteiger partial charge in [-0.25, -0.2) is 0 Å². The monoisotopic (exact) mass is 236 g/mol. The van der Waals surface area contributed by atoms with Crippen LogP contribution in [-0.2, 0) is 0 Å². The van der Waals surface area contributed by atoms with Gasteiger partial charge in [-0.2, -0.15) is 0 Å². The van der Waals surface area contributed by atoms with Crippen LogP contribution in [-0.4, -0.2) is 18.7 Å². The Morgan fingerprint density at radius 3 is 2.62 bits per heavy atom. The molecule has 0 unspecified atom stereocenters. The molecule has 0 aliphatic heterocycles. The van der Waals surface area contributed by atoms with Crippen molar-refractivity contribution in [3.63, 3.8) is 0 Å². The fourth-order valence-electron chi connectivity index (χ4n) is 1.64. The Labute approximate surface area is 104 Å². The number of anilines is 1. The van der Waals surface area contributed by atoms with E-state index in [9.17, 15) is 0 Å². The highest BCUT2D eigenvalue weighted by Crippen LogP contribution is 2.19. The average Bonchev–Trinajstić information content (AvgIpc) is 2.25. The van der Waals surface area contributed by atoms with Gasteiger partial charge in [-0.05, 0) is 44.1 Å². The molecule has 0 bridgehead atoms. The summed E-state index contributed by atoms with van der Waals surface area (Å²) < 4.78 is 0. The number of nitrogens with one attached hydrogen (secondary N) is 1. The summed E-state index contributed by atoms with van der Waals surface area (Å²) >= 11 is 5.33. The lowest BCUT2D eigenvalue weighted by molar-refractivity contribution is 0.837. The van der Waals surface area contributed by atoms with Crippen LogP contribution in [0.1, 0.15) is 24.5 Å². The van der Waals surface area contributed by atoms with E-state index in [0.717, 1.165) is 18.1 Å². The van der Waals surface area contributed by atoms with E-state index in [1.165, 1.54) is 16.8 Å². The predicted molar refractivity (Wildman–Crippen MR) is 75.2 cm³/mol. The first kappa shape index (κ1) is 13.0. The van der Waals surface area contributed by atoms with Crippen molar-refractivity contribution in [2.45, 2.75) is 27.2 Å². The molecular weight excluding hydrogens is 216 g/mol. The molecule has 0 fully saturated rings. The Morgan fingerprint density at radius 1 is 1.38 bits per heavy atom. The summed E-state index contributed by atoms with van der Waals surface area (Å²) in [6, 6.07) is 6.40. The summed E-state index contributed by atoms with van der Waals surface area (Å²) in [5.74, 6) is 0. The Kier molecular flexibility index (Phi) is 4.74. The first-order valence-corrected chi connectivity index (χ1v) is 6.06. The first-order valence-electron chi connectivity index (χ1n) is 5.65. The molecule has 1 N–H and O–H groups in total. The molecule has 0 radical (unpaired) electrons. The summed E-state index contributed by atoms with van der Waals surface area (Å²) in [7, 11) is 2.00. The number of rotatable bonds is 3. The highest BCUT2D eigenvalue weighted by molar-refractivity contribution is 7.80. The Hall–Kier alpha value is -1.09. The first-order chi connectivity index (χ1) is 7.56. The highest BCUT2D eigenvalue weighted by Gasteiger charge is 2.08. The van der Waals surface area contributed by atoms with Crippen molar-refractivity contribution < 1.29 is 0 Å². The van der Waals surface area contributed by atoms with Crippen LogP contribution in [0, 0.1) is 13.8 Å². The van der Waals surface area contributed by atoms with Gasteiger partial charge in [-0.1, -0.05) is 24.6 Å². The zero-order valence-electron chi connectivity index (χ0n) is 10.5. The molecule has 1 aromatic carbocycles. The number of hydrogen-bond acceptors (Lipinski definition) is 1. The maximum atomic E-state index is 5.33. The molecule has 16 heavy (non-hydrogen) atoms. The summed E-state index contributed by atoms with van der Waals surface area (Å²) in [5, 5.41) is 4.02. The van der Waals surface area contributed by atoms with Gasteiger partial charge in [0.25, 0.3) is 0 Å². The lowest BCUT2D eigenvalue weighted by Crippen LogP contribution is -2.37. The van der Waals surface area contributed by atoms with Crippen LogP contribution in [0.3, 0.4) is 0 Å². The van der Waals surface area contributed by atoms with Gasteiger partial charge in [-0.15, -0.1) is 0 Å². The molecule has 88 valence electrons. The van der Waals surface area contributed by atoms with Crippen molar-refractivity contribution in [1.29, 1.82) is 0 Å². The number of nitrogens with zero attached hydrogens (tertiary/aromatic N) is 1. The minimum absolute atomic E-state index is 0.786. The van der Waals surface area contributed by atoms with Gasteiger partial charge in [0, 0.05) is 19.3 Å². The molecule has 0 atom stereocenters. The molecule has 0 spiro atoms. The third kappa shape index (κ3) is 3.20. The maximum absolute atomic E-state index is 5.33. The van der Waals surface area contributed by atoms with Crippen molar-refractivity contribution in [3.05, 3.63) is 29.3 Å². The second-order valence-corrected chi connectivity index (χ2v) is 4.47. The van der Waals surface area contributed by atoms with Crippen molar-refractivity contribution >= 4 is 23.0 Å². The van der Waals surface area contributed by atoms with Crippen LogP contribution >= 0.6 is 12.2 Å². The van der Waals surface area contributed by atoms with Gasteiger partial charge in [0.05, 0.1) is 0 Å². The fourth-order valence-corrected chi connectivity index (χ4v) is 1.84. The molecular formula is C13H20N2S. The van der Waals surface area contributed by atoms with Gasteiger partial charge >= 0.3 is 0 Å². The van der Waals surface area contributed by atoms with Crippen molar-refractivity contribution in [2.75, 3.05) is 18.5 Å². The van der Waals surface area contributed by atoms with E-state index in [1.54, 1.807) is 0 Å². The van der Waals surface area contributed by atoms with Crippen LogP contribution in [0.4, 0.5) is 5.69 Å². The SMILES string of the molecule is CCCNC(=S)N(C)c1ccc(C)cc1C. The summed E-state index contributed by atoms with van der Waals surface area (Å²) in [4.78, 5) is 2.03. The van der Waals surface area contributed by atoms with Gasteiger partial charge in [0.15, 0.2) is 5.11 Å². The quantitative estimate of drug-likeness (QED) is 0.812.